The fourth-order valence-electron chi connectivity index (χ4n) is 3.57. The molecule has 1 aromatic carbocycles. The summed E-state index contributed by atoms with van der Waals surface area (Å²) in [5.41, 5.74) is 1.47. The zero-order valence-electron chi connectivity index (χ0n) is 16.4. The number of ether oxygens (including phenoxy) is 1. The molecule has 0 fully saturated rings. The highest BCUT2D eigenvalue weighted by Crippen LogP contribution is 2.26. The van der Waals surface area contributed by atoms with E-state index >= 15 is 0 Å². The first-order chi connectivity index (χ1) is 14.0. The molecule has 1 N–H and O–H groups in total. The predicted molar refractivity (Wildman–Crippen MR) is 109 cm³/mol. The lowest BCUT2D eigenvalue weighted by Gasteiger charge is -2.16. The monoisotopic (exact) mass is 414 g/mol. The molecule has 0 radical (unpaired) electrons. The number of aryl methyl sites for hydroxylation is 2. The van der Waals surface area contributed by atoms with Gasteiger partial charge in [0.25, 0.3) is 5.91 Å². The van der Waals surface area contributed by atoms with Crippen molar-refractivity contribution in [3.05, 3.63) is 47.0 Å². The number of carbonyl (C=O) groups excluding carboxylic acids is 1. The van der Waals surface area contributed by atoms with Crippen molar-refractivity contribution in [2.45, 2.75) is 38.8 Å². The van der Waals surface area contributed by atoms with Gasteiger partial charge in [-0.2, -0.15) is 5.10 Å². The maximum Gasteiger partial charge on any atom is 0.251 e. The van der Waals surface area contributed by atoms with Crippen molar-refractivity contribution in [2.24, 2.45) is 7.05 Å². The van der Waals surface area contributed by atoms with E-state index in [0.29, 0.717) is 22.9 Å². The number of nitrogens with one attached hydrogen (secondary N) is 1. The molecule has 2 aromatic heterocycles. The number of hydrogen-bond donors (Lipinski definition) is 1. The van der Waals surface area contributed by atoms with E-state index in [2.05, 4.69) is 25.2 Å². The number of amides is 1. The lowest BCUT2D eigenvalue weighted by atomic mass is 10.1. The third-order valence-electron chi connectivity index (χ3n) is 5.04. The van der Waals surface area contributed by atoms with Crippen molar-refractivity contribution in [1.82, 2.24) is 29.9 Å². The van der Waals surface area contributed by atoms with Crippen LogP contribution in [0, 0.1) is 0 Å². The molecular formula is C20H23ClN6O2. The summed E-state index contributed by atoms with van der Waals surface area (Å²) in [4.78, 5) is 12.7. The minimum absolute atomic E-state index is 0.0521. The molecule has 152 valence electrons. The van der Waals surface area contributed by atoms with Crippen LogP contribution in [-0.2, 0) is 20.0 Å². The quantitative estimate of drug-likeness (QED) is 0.693. The summed E-state index contributed by atoms with van der Waals surface area (Å²) in [6.45, 7) is 3.16. The van der Waals surface area contributed by atoms with Crippen LogP contribution in [0.25, 0.3) is 11.4 Å². The van der Waals surface area contributed by atoms with Gasteiger partial charge in [0.2, 0.25) is 0 Å². The normalized spacial score (nSPS) is 16.2. The number of fused-ring (bicyclic) bond motifs is 1. The molecular weight excluding hydrogens is 392 g/mol. The summed E-state index contributed by atoms with van der Waals surface area (Å²) < 4.78 is 9.30. The van der Waals surface area contributed by atoms with E-state index in [9.17, 15) is 4.79 Å². The Balaban J connectivity index is 1.43. The van der Waals surface area contributed by atoms with Crippen LogP contribution in [0.1, 0.15) is 35.9 Å². The molecule has 0 saturated carbocycles. The van der Waals surface area contributed by atoms with Gasteiger partial charge in [-0.1, -0.05) is 11.6 Å². The first-order valence-electron chi connectivity index (χ1n) is 9.69. The summed E-state index contributed by atoms with van der Waals surface area (Å²) >= 11 is 6.21. The van der Waals surface area contributed by atoms with Crippen LogP contribution in [-0.4, -0.2) is 43.1 Å². The number of rotatable bonds is 5. The van der Waals surface area contributed by atoms with E-state index in [1.165, 1.54) is 0 Å². The summed E-state index contributed by atoms with van der Waals surface area (Å²) in [5.74, 6) is 2.20. The molecule has 3 heterocycles. The topological polar surface area (TPSA) is 86.9 Å². The van der Waals surface area contributed by atoms with Crippen molar-refractivity contribution < 1.29 is 9.53 Å². The third-order valence-corrected chi connectivity index (χ3v) is 5.33. The molecule has 3 aromatic rings. The van der Waals surface area contributed by atoms with Crippen molar-refractivity contribution in [3.8, 4) is 17.1 Å². The van der Waals surface area contributed by atoms with E-state index in [1.807, 2.05) is 20.2 Å². The van der Waals surface area contributed by atoms with Gasteiger partial charge in [-0.3, -0.25) is 9.48 Å². The van der Waals surface area contributed by atoms with E-state index in [1.54, 1.807) is 29.1 Å². The van der Waals surface area contributed by atoms with Crippen LogP contribution in [0.15, 0.2) is 30.6 Å². The highest BCUT2D eigenvalue weighted by Gasteiger charge is 2.23. The fourth-order valence-corrected chi connectivity index (χ4v) is 3.80. The van der Waals surface area contributed by atoms with Gasteiger partial charge in [0.05, 0.1) is 23.4 Å². The second-order valence-corrected chi connectivity index (χ2v) is 7.48. The Morgan fingerprint density at radius 2 is 2.21 bits per heavy atom. The first-order valence-corrected chi connectivity index (χ1v) is 10.1. The van der Waals surface area contributed by atoms with Gasteiger partial charge >= 0.3 is 0 Å². The van der Waals surface area contributed by atoms with Crippen LogP contribution in [0.5, 0.6) is 5.75 Å². The zero-order chi connectivity index (χ0) is 20.4. The van der Waals surface area contributed by atoms with Gasteiger partial charge < -0.3 is 14.6 Å². The van der Waals surface area contributed by atoms with Crippen LogP contribution in [0.3, 0.4) is 0 Å². The van der Waals surface area contributed by atoms with E-state index in [4.69, 9.17) is 16.3 Å². The number of nitrogens with zero attached hydrogens (tertiary/aromatic N) is 5. The molecule has 29 heavy (non-hydrogen) atoms. The van der Waals surface area contributed by atoms with Crippen LogP contribution in [0.2, 0.25) is 5.02 Å². The molecule has 1 aliphatic rings. The number of aromatic nitrogens is 5. The average Bonchev–Trinajstić information content (AvgIpc) is 3.26. The Hall–Kier alpha value is -2.87. The summed E-state index contributed by atoms with van der Waals surface area (Å²) in [6.07, 6.45) is 6.08. The molecule has 1 unspecified atom stereocenters. The fraction of sp³-hybridized carbons (Fsp3) is 0.400. The van der Waals surface area contributed by atoms with Gasteiger partial charge in [0, 0.05) is 37.8 Å². The molecule has 0 bridgehead atoms. The van der Waals surface area contributed by atoms with E-state index in [0.717, 1.165) is 43.0 Å². The number of hydrogen-bond acceptors (Lipinski definition) is 5. The average molecular weight is 415 g/mol. The molecule has 8 nitrogen and oxygen atoms in total. The standard InChI is InChI=1S/C20H23ClN6O2/c1-3-29-17-6-4-13(10-16(17)21)20(28)23-15-5-7-18-24-25-19(27(18)9-8-15)14-11-22-26(2)12-14/h4,6,10-12,15H,3,5,7-9H2,1-2H3,(H,23,28). The predicted octanol–water partition coefficient (Wildman–Crippen LogP) is 2.87. The van der Waals surface area contributed by atoms with Crippen LogP contribution in [0.4, 0.5) is 0 Å². The maximum absolute atomic E-state index is 12.7. The van der Waals surface area contributed by atoms with Gasteiger partial charge in [-0.15, -0.1) is 10.2 Å². The van der Waals surface area contributed by atoms with Crippen molar-refractivity contribution >= 4 is 17.5 Å². The van der Waals surface area contributed by atoms with Crippen LogP contribution >= 0.6 is 11.6 Å². The van der Waals surface area contributed by atoms with Crippen molar-refractivity contribution in [3.63, 3.8) is 0 Å². The first kappa shape index (κ1) is 19.4. The Kier molecular flexibility index (Phi) is 5.53. The third kappa shape index (κ3) is 4.12. The van der Waals surface area contributed by atoms with Gasteiger partial charge in [0.15, 0.2) is 5.82 Å². The SMILES string of the molecule is CCOc1ccc(C(=O)NC2CCc3nnc(-c4cnn(C)c4)n3CC2)cc1Cl. The molecule has 1 aliphatic heterocycles. The second kappa shape index (κ2) is 8.24. The minimum atomic E-state index is -0.134. The van der Waals surface area contributed by atoms with Crippen molar-refractivity contribution in [2.75, 3.05) is 6.61 Å². The lowest BCUT2D eigenvalue weighted by molar-refractivity contribution is 0.0933. The molecule has 4 rings (SSSR count). The molecule has 0 saturated heterocycles. The number of benzene rings is 1. The smallest absolute Gasteiger partial charge is 0.251 e. The minimum Gasteiger partial charge on any atom is -0.492 e. The zero-order valence-corrected chi connectivity index (χ0v) is 17.2. The van der Waals surface area contributed by atoms with Gasteiger partial charge in [-0.25, -0.2) is 0 Å². The molecule has 0 aliphatic carbocycles. The van der Waals surface area contributed by atoms with Crippen LogP contribution < -0.4 is 10.1 Å². The number of halogens is 1. The second-order valence-electron chi connectivity index (χ2n) is 7.07. The Morgan fingerprint density at radius 3 is 2.93 bits per heavy atom. The van der Waals surface area contributed by atoms with Crippen molar-refractivity contribution in [1.29, 1.82) is 0 Å². The maximum atomic E-state index is 12.7. The Labute approximate surface area is 173 Å². The summed E-state index contributed by atoms with van der Waals surface area (Å²) in [6, 6.07) is 5.16. The molecule has 1 atom stereocenters. The Bertz CT molecular complexity index is 1030. The molecule has 1 amide bonds. The highest BCUT2D eigenvalue weighted by molar-refractivity contribution is 6.32. The largest absolute Gasteiger partial charge is 0.492 e. The van der Waals surface area contributed by atoms with E-state index in [-0.39, 0.29) is 11.9 Å². The highest BCUT2D eigenvalue weighted by atomic mass is 35.5. The van der Waals surface area contributed by atoms with E-state index < -0.39 is 0 Å². The summed E-state index contributed by atoms with van der Waals surface area (Å²) in [5, 5.41) is 16.5. The number of carbonyl (C=O) groups is 1. The Morgan fingerprint density at radius 1 is 1.34 bits per heavy atom. The lowest BCUT2D eigenvalue weighted by Crippen LogP contribution is -2.35. The molecule has 9 heteroatoms. The molecule has 0 spiro atoms. The van der Waals surface area contributed by atoms with Gasteiger partial charge in [0.1, 0.15) is 11.6 Å². The summed E-state index contributed by atoms with van der Waals surface area (Å²) in [7, 11) is 1.88. The van der Waals surface area contributed by atoms with Gasteiger partial charge in [-0.05, 0) is 38.0 Å².